The number of anilines is 1. The van der Waals surface area contributed by atoms with Crippen LogP contribution in [0.3, 0.4) is 0 Å². The van der Waals surface area contributed by atoms with Crippen molar-refractivity contribution in [2.24, 2.45) is 0 Å². The second kappa shape index (κ2) is 6.12. The molecule has 2 rings (SSSR count). The molecule has 0 unspecified atom stereocenters. The Labute approximate surface area is 110 Å². The minimum absolute atomic E-state index is 0.124. The highest BCUT2D eigenvalue weighted by Gasteiger charge is 2.05. The van der Waals surface area contributed by atoms with E-state index < -0.39 is 0 Å². The molecule has 4 nitrogen and oxygen atoms in total. The van der Waals surface area contributed by atoms with Crippen LogP contribution in [-0.4, -0.2) is 15.9 Å². The molecule has 0 bridgehead atoms. The Kier molecular flexibility index (Phi) is 4.25. The molecule has 0 aliphatic carbocycles. The van der Waals surface area contributed by atoms with Gasteiger partial charge in [0.1, 0.15) is 5.15 Å². The second-order valence-corrected chi connectivity index (χ2v) is 4.12. The molecular formula is C13H12ClN3O. The van der Waals surface area contributed by atoms with Crippen LogP contribution in [0.2, 0.25) is 5.15 Å². The number of hydrogen-bond donors (Lipinski definition) is 1. The molecule has 1 heterocycles. The second-order valence-electron chi connectivity index (χ2n) is 3.74. The molecule has 0 saturated carbocycles. The number of carbonyl (C=O) groups excluding carboxylic acids is 1. The van der Waals surface area contributed by atoms with Crippen molar-refractivity contribution in [1.29, 1.82) is 0 Å². The van der Waals surface area contributed by atoms with E-state index in [0.29, 0.717) is 18.0 Å². The topological polar surface area (TPSA) is 54.9 Å². The summed E-state index contributed by atoms with van der Waals surface area (Å²) < 4.78 is 0. The van der Waals surface area contributed by atoms with Gasteiger partial charge in [0.25, 0.3) is 0 Å². The molecule has 1 amide bonds. The maximum Gasteiger partial charge on any atom is 0.230 e. The van der Waals surface area contributed by atoms with Gasteiger partial charge in [0.2, 0.25) is 11.9 Å². The number of nitrogens with zero attached hydrogens (tertiary/aromatic N) is 2. The highest BCUT2D eigenvalue weighted by molar-refractivity contribution is 6.29. The standard InChI is InChI=1S/C13H12ClN3O/c14-11-8-9-15-13(16-11)17-12(18)7-6-10-4-2-1-3-5-10/h1-5,8-9H,6-7H2,(H,15,16,17,18). The largest absolute Gasteiger partial charge is 0.294 e. The molecular weight excluding hydrogens is 250 g/mol. The number of amides is 1. The van der Waals surface area contributed by atoms with Gasteiger partial charge in [-0.05, 0) is 18.1 Å². The number of nitrogens with one attached hydrogen (secondary N) is 1. The summed E-state index contributed by atoms with van der Waals surface area (Å²) in [4.78, 5) is 19.5. The third-order valence-corrected chi connectivity index (χ3v) is 2.57. The fourth-order valence-corrected chi connectivity index (χ4v) is 1.62. The van der Waals surface area contributed by atoms with E-state index in [1.54, 1.807) is 6.07 Å². The fourth-order valence-electron chi connectivity index (χ4n) is 1.49. The first kappa shape index (κ1) is 12.5. The lowest BCUT2D eigenvalue weighted by Gasteiger charge is -2.03. The maximum absolute atomic E-state index is 11.7. The lowest BCUT2D eigenvalue weighted by atomic mass is 10.1. The average Bonchev–Trinajstić information content (AvgIpc) is 2.38. The molecule has 0 aliphatic heterocycles. The molecule has 0 spiro atoms. The van der Waals surface area contributed by atoms with E-state index >= 15 is 0 Å². The third kappa shape index (κ3) is 3.82. The van der Waals surface area contributed by atoms with Gasteiger partial charge < -0.3 is 0 Å². The van der Waals surface area contributed by atoms with E-state index in [9.17, 15) is 4.79 Å². The van der Waals surface area contributed by atoms with Crippen LogP contribution < -0.4 is 5.32 Å². The third-order valence-electron chi connectivity index (χ3n) is 2.36. The van der Waals surface area contributed by atoms with Gasteiger partial charge in [-0.25, -0.2) is 9.97 Å². The normalized spacial score (nSPS) is 10.1. The molecule has 0 saturated heterocycles. The summed E-state index contributed by atoms with van der Waals surface area (Å²) in [5.74, 6) is 0.113. The lowest BCUT2D eigenvalue weighted by molar-refractivity contribution is -0.116. The van der Waals surface area contributed by atoms with Gasteiger partial charge in [-0.2, -0.15) is 0 Å². The zero-order chi connectivity index (χ0) is 12.8. The smallest absolute Gasteiger partial charge is 0.230 e. The Balaban J connectivity index is 1.86. The van der Waals surface area contributed by atoms with E-state index in [4.69, 9.17) is 11.6 Å². The number of carbonyl (C=O) groups is 1. The van der Waals surface area contributed by atoms with Gasteiger partial charge in [0, 0.05) is 12.6 Å². The van der Waals surface area contributed by atoms with Gasteiger partial charge in [0.15, 0.2) is 0 Å². The molecule has 1 aromatic carbocycles. The van der Waals surface area contributed by atoms with Crippen molar-refractivity contribution in [3.8, 4) is 0 Å². The molecule has 1 aromatic heterocycles. The molecule has 0 aliphatic rings. The van der Waals surface area contributed by atoms with Crippen molar-refractivity contribution in [3.63, 3.8) is 0 Å². The highest BCUT2D eigenvalue weighted by atomic mass is 35.5. The van der Waals surface area contributed by atoms with Crippen LogP contribution >= 0.6 is 11.6 Å². The van der Waals surface area contributed by atoms with Crippen LogP contribution in [0.25, 0.3) is 0 Å². The van der Waals surface area contributed by atoms with Gasteiger partial charge in [-0.1, -0.05) is 41.9 Å². The van der Waals surface area contributed by atoms with E-state index in [-0.39, 0.29) is 11.9 Å². The summed E-state index contributed by atoms with van der Waals surface area (Å²) in [6.07, 6.45) is 2.58. The first-order valence-corrected chi connectivity index (χ1v) is 5.94. The van der Waals surface area contributed by atoms with E-state index in [1.807, 2.05) is 30.3 Å². The van der Waals surface area contributed by atoms with Crippen molar-refractivity contribution in [2.75, 3.05) is 5.32 Å². The Hall–Kier alpha value is -1.94. The highest BCUT2D eigenvalue weighted by Crippen LogP contribution is 2.07. The van der Waals surface area contributed by atoms with Crippen molar-refractivity contribution >= 4 is 23.5 Å². The molecule has 5 heteroatoms. The summed E-state index contributed by atoms with van der Waals surface area (Å²) in [6, 6.07) is 11.4. The van der Waals surface area contributed by atoms with E-state index in [0.717, 1.165) is 5.56 Å². The number of aromatic nitrogens is 2. The molecule has 0 radical (unpaired) electrons. The molecule has 92 valence electrons. The summed E-state index contributed by atoms with van der Waals surface area (Å²) in [6.45, 7) is 0. The predicted octanol–water partition coefficient (Wildman–Crippen LogP) is 2.70. The van der Waals surface area contributed by atoms with E-state index in [1.165, 1.54) is 6.20 Å². The van der Waals surface area contributed by atoms with Crippen molar-refractivity contribution < 1.29 is 4.79 Å². The number of hydrogen-bond acceptors (Lipinski definition) is 3. The maximum atomic E-state index is 11.7. The Bertz CT molecular complexity index is 531. The summed E-state index contributed by atoms with van der Waals surface area (Å²) in [5, 5.41) is 2.92. The Morgan fingerprint density at radius 3 is 2.72 bits per heavy atom. The molecule has 1 N–H and O–H groups in total. The minimum Gasteiger partial charge on any atom is -0.294 e. The zero-order valence-electron chi connectivity index (χ0n) is 9.64. The van der Waals surface area contributed by atoms with Crippen LogP contribution in [0.4, 0.5) is 5.95 Å². The lowest BCUT2D eigenvalue weighted by Crippen LogP contribution is -2.14. The first-order valence-electron chi connectivity index (χ1n) is 5.56. The summed E-state index contributed by atoms with van der Waals surface area (Å²) >= 11 is 5.70. The van der Waals surface area contributed by atoms with Crippen molar-refractivity contribution in [1.82, 2.24) is 9.97 Å². The predicted molar refractivity (Wildman–Crippen MR) is 70.4 cm³/mol. The van der Waals surface area contributed by atoms with Gasteiger partial charge in [-0.15, -0.1) is 0 Å². The summed E-state index contributed by atoms with van der Waals surface area (Å²) in [7, 11) is 0. The van der Waals surface area contributed by atoms with E-state index in [2.05, 4.69) is 15.3 Å². The fraction of sp³-hybridized carbons (Fsp3) is 0.154. The molecule has 2 aromatic rings. The SMILES string of the molecule is O=C(CCc1ccccc1)Nc1nccc(Cl)n1. The number of benzene rings is 1. The quantitative estimate of drug-likeness (QED) is 0.861. The minimum atomic E-state index is -0.124. The van der Waals surface area contributed by atoms with Crippen LogP contribution in [-0.2, 0) is 11.2 Å². The first-order chi connectivity index (χ1) is 8.74. The van der Waals surface area contributed by atoms with Crippen molar-refractivity contribution in [3.05, 3.63) is 53.3 Å². The van der Waals surface area contributed by atoms with Crippen LogP contribution in [0, 0.1) is 0 Å². The molecule has 18 heavy (non-hydrogen) atoms. The molecule has 0 fully saturated rings. The number of aryl methyl sites for hydroxylation is 1. The zero-order valence-corrected chi connectivity index (χ0v) is 10.4. The number of halogens is 1. The number of rotatable bonds is 4. The molecule has 0 atom stereocenters. The monoisotopic (exact) mass is 261 g/mol. The average molecular weight is 262 g/mol. The van der Waals surface area contributed by atoms with Crippen molar-refractivity contribution in [2.45, 2.75) is 12.8 Å². The van der Waals surface area contributed by atoms with Crippen LogP contribution in [0.15, 0.2) is 42.6 Å². The van der Waals surface area contributed by atoms with Gasteiger partial charge >= 0.3 is 0 Å². The van der Waals surface area contributed by atoms with Gasteiger partial charge in [-0.3, -0.25) is 10.1 Å². The Morgan fingerprint density at radius 1 is 1.22 bits per heavy atom. The van der Waals surface area contributed by atoms with Crippen LogP contribution in [0.5, 0.6) is 0 Å². The van der Waals surface area contributed by atoms with Gasteiger partial charge in [0.05, 0.1) is 0 Å². The van der Waals surface area contributed by atoms with Crippen LogP contribution in [0.1, 0.15) is 12.0 Å². The Morgan fingerprint density at radius 2 is 2.00 bits per heavy atom. The summed E-state index contributed by atoms with van der Waals surface area (Å²) in [5.41, 5.74) is 1.12.